The fourth-order valence-corrected chi connectivity index (χ4v) is 3.86. The van der Waals surface area contributed by atoms with Crippen LogP contribution in [-0.4, -0.2) is 35.3 Å². The molecule has 7 nitrogen and oxygen atoms in total. The van der Waals surface area contributed by atoms with E-state index in [1.54, 1.807) is 11.0 Å². The normalized spacial score (nSPS) is 18.8. The summed E-state index contributed by atoms with van der Waals surface area (Å²) in [6.07, 6.45) is 0.578. The van der Waals surface area contributed by atoms with E-state index >= 15 is 0 Å². The van der Waals surface area contributed by atoms with Crippen LogP contribution in [0.2, 0.25) is 0 Å². The molecule has 0 saturated carbocycles. The highest BCUT2D eigenvalue weighted by molar-refractivity contribution is 6.06. The van der Waals surface area contributed by atoms with Crippen molar-refractivity contribution in [2.45, 2.75) is 32.4 Å². The van der Waals surface area contributed by atoms with Gasteiger partial charge in [-0.15, -0.1) is 0 Å². The number of anilines is 1. The van der Waals surface area contributed by atoms with Crippen LogP contribution in [0.15, 0.2) is 36.4 Å². The van der Waals surface area contributed by atoms with Crippen LogP contribution < -0.4 is 15.8 Å². The molecule has 0 bridgehead atoms. The van der Waals surface area contributed by atoms with Crippen LogP contribution in [0, 0.1) is 0 Å². The zero-order valence-electron chi connectivity index (χ0n) is 15.5. The summed E-state index contributed by atoms with van der Waals surface area (Å²) in [5.74, 6) is -0.273. The second-order valence-corrected chi connectivity index (χ2v) is 6.92. The van der Waals surface area contributed by atoms with Crippen molar-refractivity contribution in [2.75, 3.05) is 12.3 Å². The Morgan fingerprint density at radius 2 is 1.96 bits per heavy atom. The van der Waals surface area contributed by atoms with Crippen LogP contribution in [0.3, 0.4) is 0 Å². The number of hydrogen-bond acceptors (Lipinski definition) is 5. The average molecular weight is 379 g/mol. The molecule has 3 N–H and O–H groups in total. The van der Waals surface area contributed by atoms with E-state index in [2.05, 4.69) is 5.32 Å². The lowest BCUT2D eigenvalue weighted by Gasteiger charge is -2.29. The third-order valence-electron chi connectivity index (χ3n) is 5.20. The zero-order valence-corrected chi connectivity index (χ0v) is 15.5. The number of carbonyl (C=O) groups excluding carboxylic acids is 3. The lowest BCUT2D eigenvalue weighted by Crippen LogP contribution is -2.52. The first-order chi connectivity index (χ1) is 13.5. The van der Waals surface area contributed by atoms with Gasteiger partial charge in [-0.2, -0.15) is 0 Å². The molecule has 0 radical (unpaired) electrons. The Kier molecular flexibility index (Phi) is 4.50. The molecule has 1 saturated heterocycles. The van der Waals surface area contributed by atoms with E-state index in [-0.39, 0.29) is 18.2 Å². The maximum atomic E-state index is 12.9. The molecule has 2 aromatic rings. The minimum atomic E-state index is -0.629. The van der Waals surface area contributed by atoms with Crippen LogP contribution in [-0.2, 0) is 16.1 Å². The van der Waals surface area contributed by atoms with Gasteiger partial charge in [0.05, 0.1) is 12.3 Å². The van der Waals surface area contributed by atoms with E-state index in [1.165, 1.54) is 0 Å². The maximum absolute atomic E-state index is 12.9. The number of rotatable bonds is 4. The first-order valence-electron chi connectivity index (χ1n) is 9.29. The predicted molar refractivity (Wildman–Crippen MR) is 104 cm³/mol. The topological polar surface area (TPSA) is 102 Å². The number of nitrogen functional groups attached to an aromatic ring is 1. The van der Waals surface area contributed by atoms with Gasteiger partial charge in [0.15, 0.2) is 0 Å². The summed E-state index contributed by atoms with van der Waals surface area (Å²) in [6.45, 7) is 2.75. The van der Waals surface area contributed by atoms with Crippen molar-refractivity contribution in [3.63, 3.8) is 0 Å². The number of carbonyl (C=O) groups is 3. The summed E-state index contributed by atoms with van der Waals surface area (Å²) in [5.41, 5.74) is 9.86. The van der Waals surface area contributed by atoms with Crippen molar-refractivity contribution in [3.8, 4) is 16.9 Å². The SMILES string of the molecule is CCOc1ccc(-c2cccc3c2CN(C2CCC(=O)NC2=O)C3=O)cc1N. The third-order valence-corrected chi connectivity index (χ3v) is 5.20. The summed E-state index contributed by atoms with van der Waals surface area (Å²) in [6, 6.07) is 10.5. The second-order valence-electron chi connectivity index (χ2n) is 6.92. The van der Waals surface area contributed by atoms with Crippen molar-refractivity contribution in [2.24, 2.45) is 0 Å². The Morgan fingerprint density at radius 3 is 2.68 bits per heavy atom. The second kappa shape index (κ2) is 6.99. The molecule has 2 aromatic carbocycles. The van der Waals surface area contributed by atoms with E-state index in [9.17, 15) is 14.4 Å². The number of amides is 3. The number of hydrogen-bond donors (Lipinski definition) is 2. The van der Waals surface area contributed by atoms with E-state index in [0.717, 1.165) is 16.7 Å². The van der Waals surface area contributed by atoms with Gasteiger partial charge in [0, 0.05) is 18.5 Å². The highest BCUT2D eigenvalue weighted by Crippen LogP contribution is 2.36. The standard InChI is InChI=1S/C21H21N3O4/c1-2-28-18-8-6-12(10-16(18)22)13-4-3-5-14-15(13)11-24(21(14)27)17-7-9-19(25)23-20(17)26/h3-6,8,10,17H,2,7,9,11,22H2,1H3,(H,23,25,26). The Morgan fingerprint density at radius 1 is 1.18 bits per heavy atom. The van der Waals surface area contributed by atoms with Gasteiger partial charge in [-0.05, 0) is 48.2 Å². The summed E-state index contributed by atoms with van der Waals surface area (Å²) in [4.78, 5) is 38.1. The highest BCUT2D eigenvalue weighted by atomic mass is 16.5. The molecule has 0 spiro atoms. The van der Waals surface area contributed by atoms with Crippen LogP contribution in [0.4, 0.5) is 5.69 Å². The molecular formula is C21H21N3O4. The Balaban J connectivity index is 1.68. The molecule has 2 heterocycles. The lowest BCUT2D eigenvalue weighted by molar-refractivity contribution is -0.136. The lowest BCUT2D eigenvalue weighted by atomic mass is 9.96. The third kappa shape index (κ3) is 2.98. The first-order valence-corrected chi connectivity index (χ1v) is 9.29. The number of ether oxygens (including phenoxy) is 1. The monoisotopic (exact) mass is 379 g/mol. The summed E-state index contributed by atoms with van der Waals surface area (Å²) < 4.78 is 5.49. The molecule has 0 aromatic heterocycles. The summed E-state index contributed by atoms with van der Waals surface area (Å²) in [5, 5.41) is 2.32. The van der Waals surface area contributed by atoms with Crippen LogP contribution in [0.1, 0.15) is 35.7 Å². The van der Waals surface area contributed by atoms with Gasteiger partial charge in [-0.1, -0.05) is 18.2 Å². The Labute approximate surface area is 162 Å². The first kappa shape index (κ1) is 18.0. The molecule has 1 unspecified atom stereocenters. The molecule has 144 valence electrons. The minimum absolute atomic E-state index is 0.190. The molecule has 3 amide bonds. The maximum Gasteiger partial charge on any atom is 0.255 e. The summed E-state index contributed by atoms with van der Waals surface area (Å²) in [7, 11) is 0. The van der Waals surface area contributed by atoms with Crippen LogP contribution >= 0.6 is 0 Å². The van der Waals surface area contributed by atoms with Crippen LogP contribution in [0.5, 0.6) is 5.75 Å². The number of nitrogens with zero attached hydrogens (tertiary/aromatic N) is 1. The highest BCUT2D eigenvalue weighted by Gasteiger charge is 2.39. The van der Waals surface area contributed by atoms with Crippen LogP contribution in [0.25, 0.3) is 11.1 Å². The average Bonchev–Trinajstić information content (AvgIpc) is 3.00. The number of nitrogens with one attached hydrogen (secondary N) is 1. The number of imide groups is 1. The molecule has 1 fully saturated rings. The molecule has 1 atom stereocenters. The van der Waals surface area contributed by atoms with Gasteiger partial charge < -0.3 is 15.4 Å². The van der Waals surface area contributed by atoms with E-state index in [4.69, 9.17) is 10.5 Å². The van der Waals surface area contributed by atoms with E-state index in [0.29, 0.717) is 36.6 Å². The van der Waals surface area contributed by atoms with Gasteiger partial charge in [-0.25, -0.2) is 0 Å². The molecule has 2 aliphatic heterocycles. The van der Waals surface area contributed by atoms with Gasteiger partial charge in [-0.3, -0.25) is 19.7 Å². The minimum Gasteiger partial charge on any atom is -0.492 e. The molecule has 7 heteroatoms. The van der Waals surface area contributed by atoms with Crippen molar-refractivity contribution >= 4 is 23.4 Å². The Bertz CT molecular complexity index is 986. The van der Waals surface area contributed by atoms with Gasteiger partial charge >= 0.3 is 0 Å². The molecule has 28 heavy (non-hydrogen) atoms. The van der Waals surface area contributed by atoms with E-state index < -0.39 is 11.9 Å². The van der Waals surface area contributed by atoms with E-state index in [1.807, 2.05) is 37.3 Å². The van der Waals surface area contributed by atoms with Crippen molar-refractivity contribution in [1.82, 2.24) is 10.2 Å². The fourth-order valence-electron chi connectivity index (χ4n) is 3.86. The van der Waals surface area contributed by atoms with Gasteiger partial charge in [0.2, 0.25) is 11.8 Å². The molecular weight excluding hydrogens is 358 g/mol. The van der Waals surface area contributed by atoms with Gasteiger partial charge in [0.1, 0.15) is 11.8 Å². The number of piperidine rings is 1. The predicted octanol–water partition coefficient (Wildman–Crippen LogP) is 2.10. The largest absolute Gasteiger partial charge is 0.492 e. The number of benzene rings is 2. The fraction of sp³-hybridized carbons (Fsp3) is 0.286. The zero-order chi connectivity index (χ0) is 19.8. The molecule has 2 aliphatic rings. The van der Waals surface area contributed by atoms with Crippen molar-refractivity contribution in [1.29, 1.82) is 0 Å². The molecule has 4 rings (SSSR count). The van der Waals surface area contributed by atoms with Gasteiger partial charge in [0.25, 0.3) is 5.91 Å². The van der Waals surface area contributed by atoms with Crippen molar-refractivity contribution < 1.29 is 19.1 Å². The number of fused-ring (bicyclic) bond motifs is 1. The smallest absolute Gasteiger partial charge is 0.255 e. The number of nitrogens with two attached hydrogens (primary N) is 1. The Hall–Kier alpha value is -3.35. The molecule has 0 aliphatic carbocycles. The van der Waals surface area contributed by atoms with Crippen molar-refractivity contribution in [3.05, 3.63) is 47.5 Å². The summed E-state index contributed by atoms with van der Waals surface area (Å²) >= 11 is 0. The quantitative estimate of drug-likeness (QED) is 0.626.